The molecule has 20 heavy (non-hydrogen) atoms. The van der Waals surface area contributed by atoms with Crippen molar-refractivity contribution in [3.63, 3.8) is 0 Å². The minimum absolute atomic E-state index is 0.188. The van der Waals surface area contributed by atoms with Crippen LogP contribution in [0.15, 0.2) is 0 Å². The molecule has 1 aliphatic heterocycles. The van der Waals surface area contributed by atoms with Gasteiger partial charge in [-0.25, -0.2) is 0 Å². The van der Waals surface area contributed by atoms with Gasteiger partial charge in [-0.15, -0.1) is 0 Å². The number of nitrogens with one attached hydrogen (secondary N) is 1. The largest absolute Gasteiger partial charge is 0.381 e. The fourth-order valence-corrected chi connectivity index (χ4v) is 2.67. The van der Waals surface area contributed by atoms with Crippen LogP contribution in [0, 0.1) is 5.41 Å². The number of likely N-dealkylation sites (N-methyl/N-ethyl adjacent to an activating group) is 2. The van der Waals surface area contributed by atoms with Crippen LogP contribution in [0.25, 0.3) is 0 Å². The Morgan fingerprint density at radius 1 is 1.05 bits per heavy atom. The van der Waals surface area contributed by atoms with Crippen molar-refractivity contribution in [2.45, 2.75) is 39.2 Å². The minimum Gasteiger partial charge on any atom is -0.381 e. The third kappa shape index (κ3) is 7.02. The molecular formula is C16H35N3O. The standard InChI is InChI=1S/C16H35N3O/c1-15(2,3)17-13-16(7-11-20-12-8-16)14-19(6)10-9-18(4)5/h17H,7-14H2,1-6H3. The van der Waals surface area contributed by atoms with Crippen LogP contribution in [-0.2, 0) is 4.74 Å². The molecule has 0 amide bonds. The van der Waals surface area contributed by atoms with E-state index in [1.54, 1.807) is 0 Å². The van der Waals surface area contributed by atoms with Gasteiger partial charge in [-0.05, 0) is 60.2 Å². The zero-order chi connectivity index (χ0) is 15.2. The zero-order valence-corrected chi connectivity index (χ0v) is 14.5. The van der Waals surface area contributed by atoms with Gasteiger partial charge in [0.25, 0.3) is 0 Å². The monoisotopic (exact) mass is 285 g/mol. The molecule has 0 aromatic carbocycles. The molecule has 1 aliphatic rings. The Morgan fingerprint density at radius 3 is 2.15 bits per heavy atom. The molecule has 0 saturated carbocycles. The van der Waals surface area contributed by atoms with Crippen LogP contribution in [0.1, 0.15) is 33.6 Å². The quantitative estimate of drug-likeness (QED) is 0.770. The zero-order valence-electron chi connectivity index (χ0n) is 14.5. The second-order valence-corrected chi connectivity index (χ2v) is 7.76. The molecule has 0 unspecified atom stereocenters. The number of nitrogens with zero attached hydrogens (tertiary/aromatic N) is 2. The van der Waals surface area contributed by atoms with Gasteiger partial charge >= 0.3 is 0 Å². The topological polar surface area (TPSA) is 27.7 Å². The van der Waals surface area contributed by atoms with E-state index in [2.05, 4.69) is 57.0 Å². The van der Waals surface area contributed by atoms with E-state index in [9.17, 15) is 0 Å². The van der Waals surface area contributed by atoms with E-state index in [-0.39, 0.29) is 5.54 Å². The van der Waals surface area contributed by atoms with E-state index in [1.165, 1.54) is 12.8 Å². The Labute approximate surface area is 125 Å². The second-order valence-electron chi connectivity index (χ2n) is 7.76. The predicted octanol–water partition coefficient (Wildman–Crippen LogP) is 1.66. The van der Waals surface area contributed by atoms with Crippen LogP contribution in [0.2, 0.25) is 0 Å². The van der Waals surface area contributed by atoms with E-state index in [0.717, 1.165) is 39.4 Å². The van der Waals surface area contributed by atoms with Gasteiger partial charge in [0.1, 0.15) is 0 Å². The number of hydrogen-bond donors (Lipinski definition) is 1. The molecule has 0 aliphatic carbocycles. The van der Waals surface area contributed by atoms with Crippen molar-refractivity contribution < 1.29 is 4.74 Å². The lowest BCUT2D eigenvalue weighted by Crippen LogP contribution is -2.51. The van der Waals surface area contributed by atoms with Crippen LogP contribution in [-0.4, -0.2) is 75.9 Å². The maximum absolute atomic E-state index is 5.58. The van der Waals surface area contributed by atoms with Crippen molar-refractivity contribution >= 4 is 0 Å². The fourth-order valence-electron chi connectivity index (χ4n) is 2.67. The first-order valence-corrected chi connectivity index (χ1v) is 7.89. The summed E-state index contributed by atoms with van der Waals surface area (Å²) in [6, 6.07) is 0. The van der Waals surface area contributed by atoms with Crippen molar-refractivity contribution in [1.29, 1.82) is 0 Å². The van der Waals surface area contributed by atoms with E-state index < -0.39 is 0 Å². The SMILES string of the molecule is CN(C)CCN(C)CC1(CNC(C)(C)C)CCOCC1. The van der Waals surface area contributed by atoms with Crippen molar-refractivity contribution in [2.24, 2.45) is 5.41 Å². The number of rotatable bonds is 7. The molecule has 4 nitrogen and oxygen atoms in total. The van der Waals surface area contributed by atoms with E-state index >= 15 is 0 Å². The first-order valence-electron chi connectivity index (χ1n) is 7.89. The first kappa shape index (κ1) is 17.9. The van der Waals surface area contributed by atoms with Crippen LogP contribution in [0.4, 0.5) is 0 Å². The van der Waals surface area contributed by atoms with E-state index in [0.29, 0.717) is 5.41 Å². The summed E-state index contributed by atoms with van der Waals surface area (Å²) in [4.78, 5) is 4.73. The Balaban J connectivity index is 2.54. The lowest BCUT2D eigenvalue weighted by atomic mass is 9.79. The molecule has 1 fully saturated rings. The van der Waals surface area contributed by atoms with E-state index in [1.807, 2.05) is 0 Å². The van der Waals surface area contributed by atoms with Gasteiger partial charge in [0, 0.05) is 44.9 Å². The molecule has 1 N–H and O–H groups in total. The molecule has 120 valence electrons. The van der Waals surface area contributed by atoms with Crippen LogP contribution < -0.4 is 5.32 Å². The van der Waals surface area contributed by atoms with Crippen LogP contribution in [0.5, 0.6) is 0 Å². The minimum atomic E-state index is 0.188. The van der Waals surface area contributed by atoms with Crippen molar-refractivity contribution in [3.8, 4) is 0 Å². The van der Waals surface area contributed by atoms with Crippen LogP contribution >= 0.6 is 0 Å². The average molecular weight is 285 g/mol. The Morgan fingerprint density at radius 2 is 1.65 bits per heavy atom. The molecule has 0 radical (unpaired) electrons. The predicted molar refractivity (Wildman–Crippen MR) is 86.3 cm³/mol. The number of ether oxygens (including phenoxy) is 1. The van der Waals surface area contributed by atoms with Gasteiger partial charge in [-0.3, -0.25) is 0 Å². The first-order chi connectivity index (χ1) is 9.22. The summed E-state index contributed by atoms with van der Waals surface area (Å²) < 4.78 is 5.58. The summed E-state index contributed by atoms with van der Waals surface area (Å²) >= 11 is 0. The van der Waals surface area contributed by atoms with Gasteiger partial charge < -0.3 is 19.9 Å². The second kappa shape index (κ2) is 7.74. The molecule has 0 spiro atoms. The average Bonchev–Trinajstić information content (AvgIpc) is 2.34. The summed E-state index contributed by atoms with van der Waals surface area (Å²) in [6.07, 6.45) is 2.34. The maximum Gasteiger partial charge on any atom is 0.0472 e. The molecule has 1 heterocycles. The highest BCUT2D eigenvalue weighted by molar-refractivity contribution is 4.89. The Bertz CT molecular complexity index is 267. The van der Waals surface area contributed by atoms with Gasteiger partial charge in [0.05, 0.1) is 0 Å². The van der Waals surface area contributed by atoms with Gasteiger partial charge in [0.2, 0.25) is 0 Å². The van der Waals surface area contributed by atoms with Gasteiger partial charge in [-0.1, -0.05) is 0 Å². The number of hydrogen-bond acceptors (Lipinski definition) is 4. The maximum atomic E-state index is 5.58. The fraction of sp³-hybridized carbons (Fsp3) is 1.00. The lowest BCUT2D eigenvalue weighted by molar-refractivity contribution is -0.00386. The molecular weight excluding hydrogens is 250 g/mol. The molecule has 4 heteroatoms. The summed E-state index contributed by atoms with van der Waals surface area (Å²) in [5.74, 6) is 0. The molecule has 1 rings (SSSR count). The highest BCUT2D eigenvalue weighted by Gasteiger charge is 2.34. The van der Waals surface area contributed by atoms with Crippen LogP contribution in [0.3, 0.4) is 0 Å². The Hall–Kier alpha value is -0.160. The van der Waals surface area contributed by atoms with Gasteiger partial charge in [-0.2, -0.15) is 0 Å². The third-order valence-corrected chi connectivity index (χ3v) is 4.08. The smallest absolute Gasteiger partial charge is 0.0472 e. The molecule has 0 atom stereocenters. The highest BCUT2D eigenvalue weighted by atomic mass is 16.5. The molecule has 0 aromatic heterocycles. The van der Waals surface area contributed by atoms with Crippen molar-refractivity contribution in [1.82, 2.24) is 15.1 Å². The van der Waals surface area contributed by atoms with Crippen molar-refractivity contribution in [2.75, 3.05) is 60.5 Å². The van der Waals surface area contributed by atoms with Gasteiger partial charge in [0.15, 0.2) is 0 Å². The summed E-state index contributed by atoms with van der Waals surface area (Å²) in [6.45, 7) is 13.1. The Kier molecular flexibility index (Phi) is 6.92. The summed E-state index contributed by atoms with van der Waals surface area (Å²) in [7, 11) is 6.52. The summed E-state index contributed by atoms with van der Waals surface area (Å²) in [5.41, 5.74) is 0.556. The normalized spacial score (nSPS) is 19.8. The highest BCUT2D eigenvalue weighted by Crippen LogP contribution is 2.31. The molecule has 1 saturated heterocycles. The lowest BCUT2D eigenvalue weighted by Gasteiger charge is -2.42. The van der Waals surface area contributed by atoms with E-state index in [4.69, 9.17) is 4.74 Å². The van der Waals surface area contributed by atoms with Crippen molar-refractivity contribution in [3.05, 3.63) is 0 Å². The third-order valence-electron chi connectivity index (χ3n) is 4.08. The summed E-state index contributed by atoms with van der Waals surface area (Å²) in [5, 5.41) is 3.71. The molecule has 0 bridgehead atoms. The molecule has 0 aromatic rings.